The van der Waals surface area contributed by atoms with E-state index in [9.17, 15) is 0 Å². The first-order chi connectivity index (χ1) is 10.7. The summed E-state index contributed by atoms with van der Waals surface area (Å²) in [4.78, 5) is 0. The molecule has 1 aromatic heterocycles. The number of nitrogens with one attached hydrogen (secondary N) is 1. The molecule has 0 amide bonds. The Labute approximate surface area is 131 Å². The van der Waals surface area contributed by atoms with E-state index in [0.717, 1.165) is 34.2 Å². The average Bonchev–Trinajstić information content (AvgIpc) is 2.89. The fraction of sp³-hybridized carbons (Fsp3) is 0.200. The number of benzene rings is 2. The molecule has 2 heteroatoms. The summed E-state index contributed by atoms with van der Waals surface area (Å²) in [5.74, 6) is 0. The average molecular weight is 291 g/mol. The zero-order valence-electron chi connectivity index (χ0n) is 13.3. The van der Waals surface area contributed by atoms with E-state index in [1.54, 1.807) is 0 Å². The molecule has 0 aliphatic rings. The molecular weight excluding hydrogens is 270 g/mol. The van der Waals surface area contributed by atoms with Crippen LogP contribution < -0.4 is 5.32 Å². The molecule has 0 aliphatic heterocycles. The van der Waals surface area contributed by atoms with Crippen LogP contribution in [0.1, 0.15) is 25.8 Å². The Morgan fingerprint density at radius 2 is 1.82 bits per heavy atom. The molecule has 0 saturated carbocycles. The lowest BCUT2D eigenvalue weighted by Gasteiger charge is -2.01. The second-order valence-corrected chi connectivity index (χ2v) is 5.57. The fourth-order valence-electron chi connectivity index (χ4n) is 2.73. The minimum absolute atomic E-state index is 0.911. The smallest absolute Gasteiger partial charge is 0.158 e. The number of hydrogen-bond donors (Lipinski definition) is 1. The molecule has 1 heterocycles. The van der Waals surface area contributed by atoms with Crippen LogP contribution in [-0.2, 0) is 0 Å². The lowest BCUT2D eigenvalue weighted by atomic mass is 10.1. The van der Waals surface area contributed by atoms with Crippen molar-refractivity contribution in [3.63, 3.8) is 0 Å². The molecule has 2 aromatic carbocycles. The number of aryl methyl sites for hydroxylation is 1. The van der Waals surface area contributed by atoms with Gasteiger partial charge in [-0.15, -0.1) is 0 Å². The Hall–Kier alpha value is -2.48. The van der Waals surface area contributed by atoms with Gasteiger partial charge in [0.25, 0.3) is 0 Å². The van der Waals surface area contributed by atoms with Gasteiger partial charge < -0.3 is 9.73 Å². The molecular formula is C20H21NO. The summed E-state index contributed by atoms with van der Waals surface area (Å²) in [7, 11) is 0. The Morgan fingerprint density at radius 1 is 1.09 bits per heavy atom. The molecule has 0 unspecified atom stereocenters. The summed E-state index contributed by atoms with van der Waals surface area (Å²) < 4.78 is 6.11. The highest BCUT2D eigenvalue weighted by molar-refractivity contribution is 6.09. The molecule has 112 valence electrons. The Bertz CT molecular complexity index is 868. The van der Waals surface area contributed by atoms with Crippen molar-refractivity contribution in [1.82, 2.24) is 0 Å². The van der Waals surface area contributed by atoms with Crippen molar-refractivity contribution in [1.29, 1.82) is 0 Å². The number of para-hydroxylation sites is 2. The van der Waals surface area contributed by atoms with Crippen molar-refractivity contribution in [2.75, 3.05) is 5.32 Å². The van der Waals surface area contributed by atoms with Gasteiger partial charge in [0.2, 0.25) is 0 Å². The number of anilines is 1. The summed E-state index contributed by atoms with van der Waals surface area (Å²) in [6.45, 7) is 6.33. The molecule has 3 rings (SSSR count). The summed E-state index contributed by atoms with van der Waals surface area (Å²) in [5.41, 5.74) is 5.29. The Morgan fingerprint density at radius 3 is 2.59 bits per heavy atom. The van der Waals surface area contributed by atoms with Gasteiger partial charge in [0.1, 0.15) is 5.58 Å². The maximum absolute atomic E-state index is 6.11. The van der Waals surface area contributed by atoms with Gasteiger partial charge in [0, 0.05) is 17.0 Å². The van der Waals surface area contributed by atoms with E-state index in [1.807, 2.05) is 12.3 Å². The summed E-state index contributed by atoms with van der Waals surface area (Å²) in [6.07, 6.45) is 7.30. The molecule has 0 atom stereocenters. The topological polar surface area (TPSA) is 25.2 Å². The maximum atomic E-state index is 6.11. The zero-order chi connectivity index (χ0) is 15.5. The molecule has 0 aliphatic carbocycles. The number of hydrogen-bond acceptors (Lipinski definition) is 2. The molecule has 2 nitrogen and oxygen atoms in total. The van der Waals surface area contributed by atoms with E-state index >= 15 is 0 Å². The van der Waals surface area contributed by atoms with Gasteiger partial charge >= 0.3 is 0 Å². The van der Waals surface area contributed by atoms with Crippen molar-refractivity contribution < 1.29 is 4.42 Å². The van der Waals surface area contributed by atoms with Crippen molar-refractivity contribution in [2.24, 2.45) is 0 Å². The van der Waals surface area contributed by atoms with Crippen LogP contribution in [0.15, 0.2) is 64.7 Å². The molecule has 22 heavy (non-hydrogen) atoms. The van der Waals surface area contributed by atoms with Gasteiger partial charge in [0.15, 0.2) is 5.58 Å². The monoisotopic (exact) mass is 291 g/mol. The van der Waals surface area contributed by atoms with Crippen molar-refractivity contribution in [2.45, 2.75) is 27.2 Å². The van der Waals surface area contributed by atoms with Crippen LogP contribution in [0.25, 0.3) is 21.9 Å². The number of rotatable bonds is 4. The summed E-state index contributed by atoms with van der Waals surface area (Å²) in [6, 6.07) is 12.5. The highest BCUT2D eigenvalue weighted by Gasteiger charge is 2.10. The normalized spacial score (nSPS) is 12.6. The van der Waals surface area contributed by atoms with Crippen LogP contribution in [0, 0.1) is 6.92 Å². The SMILES string of the molecule is CC/C=C(C)\C=C/Nc1cccc2c1oc1c(C)cccc12. The molecule has 1 N–H and O–H groups in total. The standard InChI is InChI=1S/C20H21NO/c1-4-7-14(2)12-13-21-18-11-6-10-17-16-9-5-8-15(3)19(16)22-20(17)18/h5-13,21H,4H2,1-3H3/b13-12-,14-7-. The largest absolute Gasteiger partial charge is 0.454 e. The van der Waals surface area contributed by atoms with Crippen LogP contribution in [-0.4, -0.2) is 0 Å². The van der Waals surface area contributed by atoms with Gasteiger partial charge in [-0.3, -0.25) is 0 Å². The van der Waals surface area contributed by atoms with Crippen molar-refractivity contribution in [3.05, 3.63) is 65.9 Å². The van der Waals surface area contributed by atoms with E-state index in [0.29, 0.717) is 0 Å². The van der Waals surface area contributed by atoms with Crippen LogP contribution in [0.4, 0.5) is 5.69 Å². The summed E-state index contributed by atoms with van der Waals surface area (Å²) >= 11 is 0. The van der Waals surface area contributed by atoms with E-state index < -0.39 is 0 Å². The van der Waals surface area contributed by atoms with Crippen LogP contribution in [0.3, 0.4) is 0 Å². The van der Waals surface area contributed by atoms with Gasteiger partial charge in [-0.1, -0.05) is 48.9 Å². The minimum Gasteiger partial charge on any atom is -0.454 e. The molecule has 0 saturated heterocycles. The quantitative estimate of drug-likeness (QED) is 0.581. The first-order valence-electron chi connectivity index (χ1n) is 7.71. The maximum Gasteiger partial charge on any atom is 0.158 e. The minimum atomic E-state index is 0.911. The molecule has 3 aromatic rings. The third kappa shape index (κ3) is 2.64. The van der Waals surface area contributed by atoms with Crippen molar-refractivity contribution >= 4 is 27.6 Å². The number of furan rings is 1. The van der Waals surface area contributed by atoms with Crippen LogP contribution >= 0.6 is 0 Å². The first-order valence-corrected chi connectivity index (χ1v) is 7.71. The fourth-order valence-corrected chi connectivity index (χ4v) is 2.73. The van der Waals surface area contributed by atoms with E-state index in [1.165, 1.54) is 11.0 Å². The highest BCUT2D eigenvalue weighted by Crippen LogP contribution is 2.34. The predicted molar refractivity (Wildman–Crippen MR) is 95.3 cm³/mol. The molecule has 0 bridgehead atoms. The van der Waals surface area contributed by atoms with E-state index in [-0.39, 0.29) is 0 Å². The molecule has 0 spiro atoms. The van der Waals surface area contributed by atoms with Crippen LogP contribution in [0.2, 0.25) is 0 Å². The lowest BCUT2D eigenvalue weighted by Crippen LogP contribution is -1.87. The Kier molecular flexibility index (Phi) is 4.01. The van der Waals surface area contributed by atoms with Gasteiger partial charge in [-0.2, -0.15) is 0 Å². The second-order valence-electron chi connectivity index (χ2n) is 5.57. The second kappa shape index (κ2) is 6.10. The Balaban J connectivity index is 2.02. The van der Waals surface area contributed by atoms with Crippen molar-refractivity contribution in [3.8, 4) is 0 Å². The predicted octanol–water partition coefficient (Wildman–Crippen LogP) is 6.18. The third-order valence-electron chi connectivity index (χ3n) is 3.83. The number of allylic oxidation sites excluding steroid dienone is 3. The third-order valence-corrected chi connectivity index (χ3v) is 3.83. The van der Waals surface area contributed by atoms with Gasteiger partial charge in [0.05, 0.1) is 5.69 Å². The zero-order valence-corrected chi connectivity index (χ0v) is 13.3. The van der Waals surface area contributed by atoms with Gasteiger partial charge in [-0.05, 0) is 38.0 Å². The van der Waals surface area contributed by atoms with Gasteiger partial charge in [-0.25, -0.2) is 0 Å². The lowest BCUT2D eigenvalue weighted by molar-refractivity contribution is 0.667. The highest BCUT2D eigenvalue weighted by atomic mass is 16.3. The van der Waals surface area contributed by atoms with E-state index in [4.69, 9.17) is 4.42 Å². The number of fused-ring (bicyclic) bond motifs is 3. The summed E-state index contributed by atoms with van der Waals surface area (Å²) in [5, 5.41) is 5.66. The first kappa shape index (κ1) is 14.5. The molecule has 0 radical (unpaired) electrons. The van der Waals surface area contributed by atoms with Crippen LogP contribution in [0.5, 0.6) is 0 Å². The van der Waals surface area contributed by atoms with E-state index in [2.05, 4.69) is 68.6 Å². The molecule has 0 fully saturated rings.